The summed E-state index contributed by atoms with van der Waals surface area (Å²) in [4.78, 5) is 35.2. The van der Waals surface area contributed by atoms with Gasteiger partial charge in [0.25, 0.3) is 17.3 Å². The fourth-order valence-electron chi connectivity index (χ4n) is 2.72. The van der Waals surface area contributed by atoms with Crippen LogP contribution in [0.1, 0.15) is 35.7 Å². The maximum atomic E-state index is 12.3. The molecule has 11 nitrogen and oxygen atoms in total. The minimum absolute atomic E-state index is 0.0239. The van der Waals surface area contributed by atoms with Gasteiger partial charge in [-0.05, 0) is 23.6 Å². The van der Waals surface area contributed by atoms with Crippen molar-refractivity contribution in [2.24, 2.45) is 10.2 Å². The molecule has 2 N–H and O–H groups in total. The van der Waals surface area contributed by atoms with Crippen molar-refractivity contribution in [2.75, 3.05) is 0 Å². The summed E-state index contributed by atoms with van der Waals surface area (Å²) < 4.78 is 0. The van der Waals surface area contributed by atoms with Crippen LogP contribution < -0.4 is 0 Å². The van der Waals surface area contributed by atoms with E-state index in [0.29, 0.717) is 10.9 Å². The zero-order valence-corrected chi connectivity index (χ0v) is 15.3. The maximum Gasteiger partial charge on any atom is 0.295 e. The lowest BCUT2D eigenvalue weighted by Gasteiger charge is -2.04. The summed E-state index contributed by atoms with van der Waals surface area (Å²) in [5, 5.41) is 39.8. The highest BCUT2D eigenvalue weighted by molar-refractivity contribution is 5.98. The highest BCUT2D eigenvalue weighted by Gasteiger charge is 2.20. The Hall–Kier alpha value is -4.15. The van der Waals surface area contributed by atoms with E-state index in [1.807, 2.05) is 19.9 Å². The molecule has 3 rings (SSSR count). The predicted octanol–water partition coefficient (Wildman–Crippen LogP) is 4.74. The maximum absolute atomic E-state index is 12.3. The molecule has 1 aromatic heterocycles. The molecule has 0 saturated heterocycles. The molecule has 2 aromatic carbocycles. The van der Waals surface area contributed by atoms with Crippen LogP contribution in [0.4, 0.5) is 17.1 Å². The van der Waals surface area contributed by atoms with Crippen LogP contribution in [0.5, 0.6) is 5.88 Å². The first-order valence-electron chi connectivity index (χ1n) is 8.42. The number of carbonyl (C=O) groups excluding carboxylic acids is 1. The van der Waals surface area contributed by atoms with Crippen molar-refractivity contribution < 1.29 is 19.7 Å². The number of non-ortho nitro benzene ring substituents is 2. The van der Waals surface area contributed by atoms with E-state index >= 15 is 0 Å². The quantitative estimate of drug-likeness (QED) is 0.358. The standard InChI is InChI=1S/C18H15N5O6/c1-9(2)10-3-4-15-14(7-10)16(18(25)19-15)20-21-17(24)11-5-12(22(26)27)8-13(6-11)23(28)29/h3-9,19,25H,1-2H3. The van der Waals surface area contributed by atoms with Crippen LogP contribution in [0, 0.1) is 20.2 Å². The van der Waals surface area contributed by atoms with Crippen molar-refractivity contribution in [3.63, 3.8) is 0 Å². The van der Waals surface area contributed by atoms with Gasteiger partial charge in [-0.3, -0.25) is 25.0 Å². The van der Waals surface area contributed by atoms with Gasteiger partial charge >= 0.3 is 0 Å². The molecule has 1 amide bonds. The topological polar surface area (TPSA) is 164 Å². The minimum Gasteiger partial charge on any atom is -0.493 e. The Labute approximate surface area is 163 Å². The summed E-state index contributed by atoms with van der Waals surface area (Å²) in [5.74, 6) is -1.11. The number of azo groups is 1. The number of rotatable bonds is 5. The number of benzene rings is 2. The number of nitrogens with zero attached hydrogens (tertiary/aromatic N) is 4. The molecule has 0 bridgehead atoms. The molecule has 0 unspecified atom stereocenters. The molecule has 0 aliphatic rings. The van der Waals surface area contributed by atoms with Crippen LogP contribution in [0.2, 0.25) is 0 Å². The molecule has 0 spiro atoms. The fraction of sp³-hybridized carbons (Fsp3) is 0.167. The number of nitro benzene ring substituents is 2. The van der Waals surface area contributed by atoms with Crippen molar-refractivity contribution in [3.8, 4) is 5.88 Å². The van der Waals surface area contributed by atoms with Gasteiger partial charge in [-0.2, -0.15) is 0 Å². The van der Waals surface area contributed by atoms with Gasteiger partial charge in [-0.15, -0.1) is 10.2 Å². The minimum atomic E-state index is -1.02. The molecule has 0 aliphatic heterocycles. The van der Waals surface area contributed by atoms with E-state index in [1.54, 1.807) is 12.1 Å². The number of aromatic nitrogens is 1. The molecule has 29 heavy (non-hydrogen) atoms. The molecule has 0 atom stereocenters. The number of fused-ring (bicyclic) bond motifs is 1. The first-order chi connectivity index (χ1) is 13.7. The monoisotopic (exact) mass is 397 g/mol. The lowest BCUT2D eigenvalue weighted by Crippen LogP contribution is -1.99. The van der Waals surface area contributed by atoms with Crippen molar-refractivity contribution >= 4 is 33.9 Å². The van der Waals surface area contributed by atoms with E-state index in [1.165, 1.54) is 0 Å². The Balaban J connectivity index is 2.01. The molecule has 0 radical (unpaired) electrons. The van der Waals surface area contributed by atoms with Crippen molar-refractivity contribution in [2.45, 2.75) is 19.8 Å². The van der Waals surface area contributed by atoms with E-state index in [0.717, 1.165) is 23.8 Å². The Morgan fingerprint density at radius 1 is 1.07 bits per heavy atom. The number of hydrogen-bond donors (Lipinski definition) is 2. The number of nitrogens with one attached hydrogen (secondary N) is 1. The van der Waals surface area contributed by atoms with Gasteiger partial charge in [0.15, 0.2) is 5.69 Å². The normalized spacial score (nSPS) is 11.4. The van der Waals surface area contributed by atoms with Crippen LogP contribution in [0.3, 0.4) is 0 Å². The van der Waals surface area contributed by atoms with Crippen molar-refractivity contribution in [1.82, 2.24) is 4.98 Å². The van der Waals surface area contributed by atoms with Gasteiger partial charge in [0.1, 0.15) is 0 Å². The summed E-state index contributed by atoms with van der Waals surface area (Å²) in [6.45, 7) is 3.99. The van der Waals surface area contributed by atoms with Crippen LogP contribution >= 0.6 is 0 Å². The molecule has 0 saturated carbocycles. The summed E-state index contributed by atoms with van der Waals surface area (Å²) in [5.41, 5.74) is -0.0102. The molecule has 0 fully saturated rings. The number of hydrogen-bond acceptors (Lipinski definition) is 7. The second kappa shape index (κ2) is 7.46. The summed E-state index contributed by atoms with van der Waals surface area (Å²) in [7, 11) is 0. The summed E-state index contributed by atoms with van der Waals surface area (Å²) in [6.07, 6.45) is 0. The van der Waals surface area contributed by atoms with Gasteiger partial charge in [-0.25, -0.2) is 0 Å². The average Bonchev–Trinajstić information content (AvgIpc) is 2.99. The Kier molecular flexibility index (Phi) is 5.05. The molecule has 0 aliphatic carbocycles. The van der Waals surface area contributed by atoms with E-state index in [9.17, 15) is 30.1 Å². The molecule has 1 heterocycles. The lowest BCUT2D eigenvalue weighted by molar-refractivity contribution is -0.394. The number of aromatic hydroxyl groups is 1. The molecular weight excluding hydrogens is 382 g/mol. The highest BCUT2D eigenvalue weighted by Crippen LogP contribution is 2.37. The summed E-state index contributed by atoms with van der Waals surface area (Å²) in [6, 6.07) is 7.94. The average molecular weight is 397 g/mol. The van der Waals surface area contributed by atoms with E-state index in [4.69, 9.17) is 0 Å². The van der Waals surface area contributed by atoms with Crippen LogP contribution in [-0.2, 0) is 0 Å². The largest absolute Gasteiger partial charge is 0.493 e. The number of aromatic amines is 1. The van der Waals surface area contributed by atoms with Crippen LogP contribution in [-0.4, -0.2) is 25.8 Å². The SMILES string of the molecule is CC(C)c1ccc2[nH]c(O)c(N=NC(=O)c3cc([N+](=O)[O-])cc([N+](=O)[O-])c3)c2c1. The Morgan fingerprint density at radius 3 is 2.24 bits per heavy atom. The molecule has 3 aromatic rings. The van der Waals surface area contributed by atoms with Gasteiger partial charge < -0.3 is 10.1 Å². The first-order valence-corrected chi connectivity index (χ1v) is 8.42. The van der Waals surface area contributed by atoms with Crippen molar-refractivity contribution in [3.05, 3.63) is 67.8 Å². The molecule has 11 heteroatoms. The number of nitro groups is 2. The molecular formula is C18H15N5O6. The van der Waals surface area contributed by atoms with E-state index < -0.39 is 27.1 Å². The van der Waals surface area contributed by atoms with Gasteiger partial charge in [0, 0.05) is 17.5 Å². The second-order valence-corrected chi connectivity index (χ2v) is 6.54. The summed E-state index contributed by atoms with van der Waals surface area (Å²) >= 11 is 0. The highest BCUT2D eigenvalue weighted by atomic mass is 16.6. The second-order valence-electron chi connectivity index (χ2n) is 6.54. The van der Waals surface area contributed by atoms with Gasteiger partial charge in [0.05, 0.1) is 27.0 Å². The molecule has 148 valence electrons. The third-order valence-corrected chi connectivity index (χ3v) is 4.25. The number of amides is 1. The number of H-pyrrole nitrogens is 1. The first kappa shape index (κ1) is 19.6. The van der Waals surface area contributed by atoms with Crippen LogP contribution in [0.25, 0.3) is 10.9 Å². The zero-order chi connectivity index (χ0) is 21.3. The van der Waals surface area contributed by atoms with Gasteiger partial charge in [-0.1, -0.05) is 19.9 Å². The number of carbonyl (C=O) groups is 1. The predicted molar refractivity (Wildman–Crippen MR) is 103 cm³/mol. The lowest BCUT2D eigenvalue weighted by atomic mass is 10.0. The third-order valence-electron chi connectivity index (χ3n) is 4.25. The van der Waals surface area contributed by atoms with Gasteiger partial charge in [0.2, 0.25) is 5.88 Å². The van der Waals surface area contributed by atoms with Crippen molar-refractivity contribution in [1.29, 1.82) is 0 Å². The van der Waals surface area contributed by atoms with Crippen LogP contribution in [0.15, 0.2) is 46.6 Å². The Morgan fingerprint density at radius 2 is 1.69 bits per heavy atom. The zero-order valence-electron chi connectivity index (χ0n) is 15.3. The van der Waals surface area contributed by atoms with E-state index in [-0.39, 0.29) is 23.0 Å². The van der Waals surface area contributed by atoms with E-state index in [2.05, 4.69) is 15.2 Å². The third kappa shape index (κ3) is 3.93. The smallest absolute Gasteiger partial charge is 0.295 e. The Bertz CT molecular complexity index is 1150. The fourth-order valence-corrected chi connectivity index (χ4v) is 2.72.